The second-order valence-electron chi connectivity index (χ2n) is 13.6. The summed E-state index contributed by atoms with van der Waals surface area (Å²) in [5, 5.41) is 15.4. The maximum Gasteiger partial charge on any atom is 0.293 e. The van der Waals surface area contributed by atoms with E-state index in [-0.39, 0.29) is 22.2 Å². The number of hydrogen-bond donors (Lipinski definition) is 2. The zero-order chi connectivity index (χ0) is 38.8. The molecular weight excluding hydrogens is 735 g/mol. The molecule has 1 saturated heterocycles. The van der Waals surface area contributed by atoms with Gasteiger partial charge in [-0.15, -0.1) is 11.8 Å². The molecule has 0 unspecified atom stereocenters. The number of benzene rings is 4. The SMILES string of the molecule is CN(C)CC[C@H](CSc1ccccc1)Nc1ccc(S(=O)(=O)NC(=O)c2ccc(N3CCN(Cc4ccccc4-c4cccnc4)CC3)cc2)cc1[N+](=O)[O-]. The van der Waals surface area contributed by atoms with Crippen LogP contribution in [0.25, 0.3) is 11.1 Å². The molecule has 6 rings (SSSR count). The molecule has 2 N–H and O–H groups in total. The number of carbonyl (C=O) groups excluding carboxylic acids is 1. The van der Waals surface area contributed by atoms with Crippen LogP contribution >= 0.6 is 11.8 Å². The zero-order valence-electron chi connectivity index (χ0n) is 30.9. The Labute approximate surface area is 326 Å². The average molecular weight is 780 g/mol. The van der Waals surface area contributed by atoms with Crippen molar-refractivity contribution in [3.63, 3.8) is 0 Å². The van der Waals surface area contributed by atoms with Crippen molar-refractivity contribution in [2.75, 3.05) is 62.8 Å². The first-order chi connectivity index (χ1) is 26.6. The molecule has 5 aromatic rings. The van der Waals surface area contributed by atoms with Crippen LogP contribution in [0.5, 0.6) is 0 Å². The van der Waals surface area contributed by atoms with Crippen LogP contribution in [-0.2, 0) is 16.6 Å². The van der Waals surface area contributed by atoms with Crippen molar-refractivity contribution < 1.29 is 18.1 Å². The first kappa shape index (κ1) is 39.4. The number of sulfonamides is 1. The lowest BCUT2D eigenvalue weighted by molar-refractivity contribution is -0.384. The number of rotatable bonds is 16. The summed E-state index contributed by atoms with van der Waals surface area (Å²) in [5.74, 6) is -0.182. The highest BCUT2D eigenvalue weighted by Gasteiger charge is 2.26. The normalized spacial score (nSPS) is 14.1. The van der Waals surface area contributed by atoms with Crippen LogP contribution < -0.4 is 14.9 Å². The summed E-state index contributed by atoms with van der Waals surface area (Å²) >= 11 is 1.63. The van der Waals surface area contributed by atoms with Gasteiger partial charge in [-0.05, 0) is 92.8 Å². The Morgan fingerprint density at radius 1 is 0.927 bits per heavy atom. The minimum atomic E-state index is -4.42. The number of amides is 1. The van der Waals surface area contributed by atoms with E-state index in [1.165, 1.54) is 23.3 Å². The molecule has 1 atom stereocenters. The Balaban J connectivity index is 1.06. The number of aromatic nitrogens is 1. The van der Waals surface area contributed by atoms with Gasteiger partial charge in [0.2, 0.25) is 0 Å². The van der Waals surface area contributed by atoms with Crippen molar-refractivity contribution in [3.05, 3.63) is 143 Å². The highest BCUT2D eigenvalue weighted by Crippen LogP contribution is 2.30. The highest BCUT2D eigenvalue weighted by atomic mass is 32.2. The molecule has 55 heavy (non-hydrogen) atoms. The van der Waals surface area contributed by atoms with Gasteiger partial charge in [-0.3, -0.25) is 24.8 Å². The maximum atomic E-state index is 13.3. The Hall–Kier alpha value is -5.28. The predicted molar refractivity (Wildman–Crippen MR) is 219 cm³/mol. The predicted octanol–water partition coefficient (Wildman–Crippen LogP) is 6.62. The van der Waals surface area contributed by atoms with Gasteiger partial charge in [-0.1, -0.05) is 48.5 Å². The van der Waals surface area contributed by atoms with Gasteiger partial charge in [-0.2, -0.15) is 0 Å². The Kier molecular flexibility index (Phi) is 13.2. The molecule has 1 aliphatic rings. The second-order valence-corrected chi connectivity index (χ2v) is 16.4. The van der Waals surface area contributed by atoms with E-state index in [1.807, 2.05) is 79.8 Å². The first-order valence-corrected chi connectivity index (χ1v) is 20.5. The van der Waals surface area contributed by atoms with E-state index < -0.39 is 26.5 Å². The number of nitro benzene ring substituents is 1. The Morgan fingerprint density at radius 2 is 1.65 bits per heavy atom. The minimum Gasteiger partial charge on any atom is -0.376 e. The number of nitro groups is 1. The molecule has 0 saturated carbocycles. The highest BCUT2D eigenvalue weighted by molar-refractivity contribution is 7.99. The number of nitrogens with one attached hydrogen (secondary N) is 2. The molecule has 2 heterocycles. The van der Waals surface area contributed by atoms with Gasteiger partial charge in [0.1, 0.15) is 5.69 Å². The number of thioether (sulfide) groups is 1. The van der Waals surface area contributed by atoms with E-state index in [0.29, 0.717) is 12.2 Å². The van der Waals surface area contributed by atoms with Crippen molar-refractivity contribution in [2.45, 2.75) is 28.8 Å². The summed E-state index contributed by atoms with van der Waals surface area (Å²) in [7, 11) is -0.503. The topological polar surface area (TPSA) is 141 Å². The monoisotopic (exact) mass is 779 g/mol. The molecule has 1 aliphatic heterocycles. The molecule has 0 aliphatic carbocycles. The van der Waals surface area contributed by atoms with E-state index in [9.17, 15) is 23.3 Å². The second kappa shape index (κ2) is 18.4. The van der Waals surface area contributed by atoms with Crippen LogP contribution in [0.1, 0.15) is 22.3 Å². The Bertz CT molecular complexity index is 2170. The lowest BCUT2D eigenvalue weighted by Gasteiger charge is -2.36. The first-order valence-electron chi connectivity index (χ1n) is 18.1. The van der Waals surface area contributed by atoms with Crippen molar-refractivity contribution in [2.24, 2.45) is 0 Å². The Morgan fingerprint density at radius 3 is 2.35 bits per heavy atom. The van der Waals surface area contributed by atoms with E-state index in [2.05, 4.69) is 49.1 Å². The van der Waals surface area contributed by atoms with Gasteiger partial charge in [0.15, 0.2) is 0 Å². The van der Waals surface area contributed by atoms with Gasteiger partial charge in [0.25, 0.3) is 21.6 Å². The third-order valence-corrected chi connectivity index (χ3v) is 11.9. The molecule has 286 valence electrons. The number of piperazine rings is 1. The molecule has 0 bridgehead atoms. The summed E-state index contributed by atoms with van der Waals surface area (Å²) in [6.07, 6.45) is 4.36. The van der Waals surface area contributed by atoms with Gasteiger partial charge in [0.05, 0.1) is 9.82 Å². The smallest absolute Gasteiger partial charge is 0.293 e. The molecule has 14 heteroatoms. The third kappa shape index (κ3) is 10.7. The number of carbonyl (C=O) groups is 1. The fourth-order valence-electron chi connectivity index (χ4n) is 6.43. The van der Waals surface area contributed by atoms with Gasteiger partial charge < -0.3 is 15.1 Å². The summed E-state index contributed by atoms with van der Waals surface area (Å²) < 4.78 is 28.8. The minimum absolute atomic E-state index is 0.138. The lowest BCUT2D eigenvalue weighted by atomic mass is 10.0. The molecule has 1 fully saturated rings. The maximum absolute atomic E-state index is 13.3. The van der Waals surface area contributed by atoms with Gasteiger partial charge in [0, 0.05) is 84.7 Å². The van der Waals surface area contributed by atoms with E-state index >= 15 is 0 Å². The van der Waals surface area contributed by atoms with Gasteiger partial charge in [-0.25, -0.2) is 13.1 Å². The fourth-order valence-corrected chi connectivity index (χ4v) is 8.41. The third-order valence-electron chi connectivity index (χ3n) is 9.43. The summed E-state index contributed by atoms with van der Waals surface area (Å²) in [6.45, 7) is 4.86. The largest absolute Gasteiger partial charge is 0.376 e. The van der Waals surface area contributed by atoms with Crippen LogP contribution in [-0.4, -0.2) is 92.6 Å². The summed E-state index contributed by atoms with van der Waals surface area (Å²) in [4.78, 5) is 36.4. The van der Waals surface area contributed by atoms with Crippen molar-refractivity contribution in [1.82, 2.24) is 19.5 Å². The molecular formula is C41H45N7O5S2. The summed E-state index contributed by atoms with van der Waals surface area (Å²) in [6, 6.07) is 32.6. The molecule has 0 spiro atoms. The average Bonchev–Trinajstić information content (AvgIpc) is 3.20. The molecule has 1 aromatic heterocycles. The van der Waals surface area contributed by atoms with Crippen LogP contribution in [0.3, 0.4) is 0 Å². The van der Waals surface area contributed by atoms with Crippen molar-refractivity contribution in [1.29, 1.82) is 0 Å². The lowest BCUT2D eigenvalue weighted by Crippen LogP contribution is -2.46. The van der Waals surface area contributed by atoms with Gasteiger partial charge >= 0.3 is 0 Å². The molecule has 0 radical (unpaired) electrons. The van der Waals surface area contributed by atoms with Crippen LogP contribution in [0.15, 0.2) is 131 Å². The standard InChI is InChI=1S/C41H45N7O5S2/c1-45(2)22-20-34(30-54-36-11-4-3-5-12-36)43-39-19-18-37(27-40(39)48(50)51)55(52,53)44-41(49)31-14-16-35(17-15-31)47-25-23-46(24-26-47)29-33-9-6-7-13-38(33)32-10-8-21-42-28-32/h3-19,21,27-28,34,43H,20,22-26,29-30H2,1-2H3,(H,44,49)/t34-/m1/s1. The number of hydrogen-bond acceptors (Lipinski definition) is 11. The zero-order valence-corrected chi connectivity index (χ0v) is 32.5. The van der Waals surface area contributed by atoms with Crippen molar-refractivity contribution >= 4 is 44.8 Å². The van der Waals surface area contributed by atoms with E-state index in [4.69, 9.17) is 0 Å². The van der Waals surface area contributed by atoms with Crippen LogP contribution in [0, 0.1) is 10.1 Å². The van der Waals surface area contributed by atoms with Crippen LogP contribution in [0.2, 0.25) is 0 Å². The fraction of sp³-hybridized carbons (Fsp3) is 0.268. The number of nitrogens with zero attached hydrogens (tertiary/aromatic N) is 5. The van der Waals surface area contributed by atoms with Crippen molar-refractivity contribution in [3.8, 4) is 11.1 Å². The molecule has 1 amide bonds. The molecule has 4 aromatic carbocycles. The van der Waals surface area contributed by atoms with E-state index in [0.717, 1.165) is 61.5 Å². The van der Waals surface area contributed by atoms with Crippen LogP contribution in [0.4, 0.5) is 17.1 Å². The quantitative estimate of drug-likeness (QED) is 0.0634. The van der Waals surface area contributed by atoms with E-state index in [1.54, 1.807) is 30.1 Å². The molecule has 12 nitrogen and oxygen atoms in total. The number of anilines is 2. The number of pyridine rings is 1. The summed E-state index contributed by atoms with van der Waals surface area (Å²) in [5.41, 5.74) is 4.42.